The highest BCUT2D eigenvalue weighted by molar-refractivity contribution is 7.45. The third-order valence-corrected chi connectivity index (χ3v) is 3.28. The molecular formula is C17H30O5P. The Bertz CT molecular complexity index is 436. The summed E-state index contributed by atoms with van der Waals surface area (Å²) in [7, 11) is -4.64. The topological polar surface area (TPSA) is 87.0 Å². The summed E-state index contributed by atoms with van der Waals surface area (Å²) in [5.74, 6) is 1.01. The first-order valence-electron chi connectivity index (χ1n) is 8.16. The Balaban J connectivity index is 0.000000841. The van der Waals surface area contributed by atoms with Gasteiger partial charge in [0.25, 0.3) is 0 Å². The smallest absolute Gasteiger partial charge is 0.466 e. The van der Waals surface area contributed by atoms with Gasteiger partial charge in [0.05, 0.1) is 6.61 Å². The molecule has 0 aliphatic carbocycles. The average Bonchev–Trinajstić information content (AvgIpc) is 2.46. The molecule has 0 saturated heterocycles. The number of ether oxygens (including phenoxy) is 1. The molecule has 0 spiro atoms. The van der Waals surface area contributed by atoms with Crippen LogP contribution in [-0.2, 0) is 11.0 Å². The molecule has 0 aliphatic rings. The van der Waals surface area contributed by atoms with Crippen LogP contribution in [0.15, 0.2) is 24.3 Å². The second-order valence-corrected chi connectivity index (χ2v) is 6.37. The van der Waals surface area contributed by atoms with Gasteiger partial charge in [-0.15, -0.1) is 0 Å². The second-order valence-electron chi connectivity index (χ2n) is 5.34. The minimum atomic E-state index is -4.64. The summed E-state index contributed by atoms with van der Waals surface area (Å²) in [6.07, 6.45) is 10.6. The second kappa shape index (κ2) is 13.6. The molecule has 0 heterocycles. The van der Waals surface area contributed by atoms with Crippen molar-refractivity contribution in [3.8, 4) is 5.75 Å². The molecule has 0 aromatic heterocycles. The highest BCUT2D eigenvalue weighted by Crippen LogP contribution is 2.25. The van der Waals surface area contributed by atoms with Gasteiger partial charge in [0.1, 0.15) is 5.75 Å². The SMILES string of the molecule is O=P(O)(O)O.[CH2]COc1ccccc1CCCCCCCCC. The Morgan fingerprint density at radius 2 is 1.52 bits per heavy atom. The Hall–Kier alpha value is -0.870. The van der Waals surface area contributed by atoms with Gasteiger partial charge in [-0.1, -0.05) is 63.6 Å². The van der Waals surface area contributed by atoms with Crippen LogP contribution >= 0.6 is 7.82 Å². The molecule has 0 fully saturated rings. The molecule has 0 unspecified atom stereocenters. The van der Waals surface area contributed by atoms with Crippen LogP contribution in [0.4, 0.5) is 0 Å². The number of aryl methyl sites for hydroxylation is 1. The van der Waals surface area contributed by atoms with E-state index in [1.54, 1.807) is 0 Å². The Morgan fingerprint density at radius 3 is 2.09 bits per heavy atom. The summed E-state index contributed by atoms with van der Waals surface area (Å²) in [5.41, 5.74) is 1.33. The monoisotopic (exact) mass is 345 g/mol. The molecule has 1 aromatic carbocycles. The van der Waals surface area contributed by atoms with Crippen LogP contribution in [0.5, 0.6) is 5.75 Å². The Labute approximate surface area is 139 Å². The molecular weight excluding hydrogens is 315 g/mol. The summed E-state index contributed by atoms with van der Waals surface area (Å²) < 4.78 is 14.4. The lowest BCUT2D eigenvalue weighted by atomic mass is 10.0. The summed E-state index contributed by atoms with van der Waals surface area (Å²) in [6.45, 7) is 6.51. The lowest BCUT2D eigenvalue weighted by molar-refractivity contribution is 0.275. The van der Waals surface area contributed by atoms with Gasteiger partial charge in [-0.2, -0.15) is 0 Å². The van der Waals surface area contributed by atoms with Crippen molar-refractivity contribution in [2.24, 2.45) is 0 Å². The van der Waals surface area contributed by atoms with Gasteiger partial charge >= 0.3 is 7.82 Å². The lowest BCUT2D eigenvalue weighted by Gasteiger charge is -2.09. The first-order valence-corrected chi connectivity index (χ1v) is 9.73. The van der Waals surface area contributed by atoms with E-state index in [9.17, 15) is 0 Å². The standard InChI is InChI=1S/C17H27O.H3O4P/c1-3-5-6-7-8-9-10-13-16-14-11-12-15-17(16)18-4-2;1-5(2,3)4/h11-12,14-15H,2-10,13H2,1H3;(H3,1,2,3,4). The minimum Gasteiger partial charge on any atom is -0.493 e. The summed E-state index contributed by atoms with van der Waals surface area (Å²) in [6, 6.07) is 8.33. The molecule has 3 N–H and O–H groups in total. The molecule has 0 saturated carbocycles. The van der Waals surface area contributed by atoms with Crippen molar-refractivity contribution >= 4 is 7.82 Å². The predicted octanol–water partition coefficient (Wildman–Crippen LogP) is 4.26. The highest BCUT2D eigenvalue weighted by atomic mass is 31.2. The molecule has 6 heteroatoms. The largest absolute Gasteiger partial charge is 0.493 e. The zero-order valence-electron chi connectivity index (χ0n) is 14.0. The van der Waals surface area contributed by atoms with E-state index in [4.69, 9.17) is 24.0 Å². The fraction of sp³-hybridized carbons (Fsp3) is 0.588. The number of hydrogen-bond donors (Lipinski definition) is 3. The maximum absolute atomic E-state index is 8.88. The van der Waals surface area contributed by atoms with E-state index in [0.29, 0.717) is 6.61 Å². The van der Waals surface area contributed by atoms with Gasteiger partial charge in [0, 0.05) is 0 Å². The third kappa shape index (κ3) is 15.8. The van der Waals surface area contributed by atoms with E-state index < -0.39 is 7.82 Å². The Morgan fingerprint density at radius 1 is 1.00 bits per heavy atom. The molecule has 5 nitrogen and oxygen atoms in total. The fourth-order valence-electron chi connectivity index (χ4n) is 2.23. The van der Waals surface area contributed by atoms with Crippen molar-refractivity contribution in [1.82, 2.24) is 0 Å². The van der Waals surface area contributed by atoms with E-state index in [1.165, 1.54) is 50.5 Å². The van der Waals surface area contributed by atoms with Crippen molar-refractivity contribution in [3.05, 3.63) is 36.8 Å². The number of rotatable bonds is 10. The number of unbranched alkanes of at least 4 members (excludes halogenated alkanes) is 6. The number of hydrogen-bond acceptors (Lipinski definition) is 2. The van der Waals surface area contributed by atoms with Crippen LogP contribution in [0.2, 0.25) is 0 Å². The first-order chi connectivity index (χ1) is 10.9. The van der Waals surface area contributed by atoms with Gasteiger partial charge < -0.3 is 19.4 Å². The molecule has 133 valence electrons. The lowest BCUT2D eigenvalue weighted by Crippen LogP contribution is -1.96. The molecule has 1 aromatic rings. The van der Waals surface area contributed by atoms with Crippen molar-refractivity contribution in [1.29, 1.82) is 0 Å². The summed E-state index contributed by atoms with van der Waals surface area (Å²) in [4.78, 5) is 21.6. The van der Waals surface area contributed by atoms with Crippen LogP contribution in [0.25, 0.3) is 0 Å². The quantitative estimate of drug-likeness (QED) is 0.435. The first kappa shape index (κ1) is 22.1. The zero-order valence-corrected chi connectivity index (χ0v) is 14.9. The predicted molar refractivity (Wildman–Crippen MR) is 93.3 cm³/mol. The third-order valence-electron chi connectivity index (χ3n) is 3.28. The van der Waals surface area contributed by atoms with E-state index in [1.807, 2.05) is 12.1 Å². The number of phosphoric acid groups is 1. The van der Waals surface area contributed by atoms with Crippen molar-refractivity contribution in [2.45, 2.75) is 58.3 Å². The Kier molecular flexibility index (Phi) is 13.0. The van der Waals surface area contributed by atoms with Crippen LogP contribution in [0, 0.1) is 6.92 Å². The summed E-state index contributed by atoms with van der Waals surface area (Å²) >= 11 is 0. The number of benzene rings is 1. The van der Waals surface area contributed by atoms with Crippen molar-refractivity contribution < 1.29 is 24.0 Å². The van der Waals surface area contributed by atoms with Crippen LogP contribution < -0.4 is 4.74 Å². The van der Waals surface area contributed by atoms with Crippen LogP contribution in [-0.4, -0.2) is 21.3 Å². The fourth-order valence-corrected chi connectivity index (χ4v) is 2.23. The molecule has 0 bridgehead atoms. The maximum atomic E-state index is 8.88. The van der Waals surface area contributed by atoms with Gasteiger partial charge in [0.2, 0.25) is 0 Å². The average molecular weight is 345 g/mol. The zero-order chi connectivity index (χ0) is 17.6. The molecule has 23 heavy (non-hydrogen) atoms. The summed E-state index contributed by atoms with van der Waals surface area (Å²) in [5, 5.41) is 0. The molecule has 0 aliphatic heterocycles. The van der Waals surface area contributed by atoms with Crippen LogP contribution in [0.1, 0.15) is 57.4 Å². The van der Waals surface area contributed by atoms with Crippen molar-refractivity contribution in [2.75, 3.05) is 6.61 Å². The molecule has 1 rings (SSSR count). The van der Waals surface area contributed by atoms with Crippen LogP contribution in [0.3, 0.4) is 0 Å². The van der Waals surface area contributed by atoms with E-state index in [-0.39, 0.29) is 0 Å². The van der Waals surface area contributed by atoms with Gasteiger partial charge in [-0.3, -0.25) is 0 Å². The molecule has 1 radical (unpaired) electrons. The number of para-hydroxylation sites is 1. The highest BCUT2D eigenvalue weighted by Gasteiger charge is 2.02. The van der Waals surface area contributed by atoms with E-state index in [0.717, 1.165) is 12.2 Å². The minimum absolute atomic E-state index is 0.508. The van der Waals surface area contributed by atoms with Gasteiger partial charge in [-0.25, -0.2) is 4.57 Å². The van der Waals surface area contributed by atoms with Gasteiger partial charge in [-0.05, 0) is 31.4 Å². The molecule has 0 atom stereocenters. The maximum Gasteiger partial charge on any atom is 0.466 e. The van der Waals surface area contributed by atoms with Crippen molar-refractivity contribution in [3.63, 3.8) is 0 Å². The van der Waals surface area contributed by atoms with Gasteiger partial charge in [0.15, 0.2) is 0 Å². The van der Waals surface area contributed by atoms with E-state index >= 15 is 0 Å². The van der Waals surface area contributed by atoms with E-state index in [2.05, 4.69) is 26.0 Å². The normalized spacial score (nSPS) is 10.8. The molecule has 0 amide bonds.